The Morgan fingerprint density at radius 1 is 0.821 bits per heavy atom. The molecule has 0 spiro atoms. The van der Waals surface area contributed by atoms with Crippen LogP contribution in [0.15, 0.2) is 90.5 Å². The summed E-state index contributed by atoms with van der Waals surface area (Å²) in [6, 6.07) is 22.2. The molecule has 3 aromatic rings. The molecular weight excluding hydrogens is 357 g/mol. The molecule has 1 amide bonds. The van der Waals surface area contributed by atoms with Crippen molar-refractivity contribution in [2.45, 2.75) is 6.04 Å². The minimum absolute atomic E-state index is 0.0216. The third-order valence-corrected chi connectivity index (χ3v) is 4.71. The van der Waals surface area contributed by atoms with Crippen molar-refractivity contribution >= 4 is 23.1 Å². The fourth-order valence-electron chi connectivity index (χ4n) is 3.40. The summed E-state index contributed by atoms with van der Waals surface area (Å²) < 4.78 is 13.3. The molecule has 1 saturated heterocycles. The second kappa shape index (κ2) is 7.12. The quantitative estimate of drug-likeness (QED) is 0.419. The Balaban J connectivity index is 1.94. The lowest BCUT2D eigenvalue weighted by Gasteiger charge is -2.25. The van der Waals surface area contributed by atoms with E-state index in [-0.39, 0.29) is 16.9 Å². The Morgan fingerprint density at radius 3 is 2.00 bits per heavy atom. The van der Waals surface area contributed by atoms with Crippen LogP contribution < -0.4 is 4.90 Å². The van der Waals surface area contributed by atoms with E-state index >= 15 is 0 Å². The molecule has 0 aliphatic carbocycles. The van der Waals surface area contributed by atoms with Gasteiger partial charge in [0.1, 0.15) is 11.6 Å². The van der Waals surface area contributed by atoms with Gasteiger partial charge in [0, 0.05) is 11.3 Å². The predicted octanol–water partition coefficient (Wildman–Crippen LogP) is 4.45. The monoisotopic (exact) mass is 373 g/mol. The van der Waals surface area contributed by atoms with Gasteiger partial charge in [-0.1, -0.05) is 48.5 Å². The van der Waals surface area contributed by atoms with E-state index in [4.69, 9.17) is 0 Å². The third kappa shape index (κ3) is 2.97. The first kappa shape index (κ1) is 17.7. The molecule has 1 unspecified atom stereocenters. The number of hydrogen-bond donors (Lipinski definition) is 1. The van der Waals surface area contributed by atoms with E-state index in [9.17, 15) is 19.1 Å². The molecule has 5 heteroatoms. The number of nitrogens with zero attached hydrogens (tertiary/aromatic N) is 1. The first-order valence-electron chi connectivity index (χ1n) is 8.75. The lowest BCUT2D eigenvalue weighted by Crippen LogP contribution is -2.29. The van der Waals surface area contributed by atoms with Gasteiger partial charge < -0.3 is 5.11 Å². The summed E-state index contributed by atoms with van der Waals surface area (Å²) in [5, 5.41) is 10.9. The van der Waals surface area contributed by atoms with E-state index in [1.807, 2.05) is 12.1 Å². The highest BCUT2D eigenvalue weighted by Crippen LogP contribution is 2.41. The van der Waals surface area contributed by atoms with Crippen LogP contribution in [0, 0.1) is 5.82 Å². The zero-order valence-electron chi connectivity index (χ0n) is 14.7. The van der Waals surface area contributed by atoms with E-state index in [0.717, 1.165) is 0 Å². The molecule has 3 aromatic carbocycles. The molecule has 1 aliphatic rings. The van der Waals surface area contributed by atoms with E-state index in [1.54, 1.807) is 48.5 Å². The Labute approximate surface area is 161 Å². The molecule has 0 aromatic heterocycles. The van der Waals surface area contributed by atoms with Crippen molar-refractivity contribution in [3.8, 4) is 0 Å². The Hall–Kier alpha value is -3.73. The van der Waals surface area contributed by atoms with Crippen LogP contribution in [0.5, 0.6) is 0 Å². The maximum Gasteiger partial charge on any atom is 0.300 e. The van der Waals surface area contributed by atoms with Gasteiger partial charge in [0.05, 0.1) is 11.6 Å². The molecule has 0 saturated carbocycles. The highest BCUT2D eigenvalue weighted by atomic mass is 19.1. The number of carbonyl (C=O) groups excluding carboxylic acids is 2. The lowest BCUT2D eigenvalue weighted by atomic mass is 9.95. The van der Waals surface area contributed by atoms with E-state index in [0.29, 0.717) is 11.3 Å². The van der Waals surface area contributed by atoms with Gasteiger partial charge in [-0.25, -0.2) is 4.39 Å². The number of para-hydroxylation sites is 1. The first-order valence-corrected chi connectivity index (χ1v) is 8.75. The highest BCUT2D eigenvalue weighted by molar-refractivity contribution is 6.51. The number of hydrogen-bond acceptors (Lipinski definition) is 3. The zero-order valence-corrected chi connectivity index (χ0v) is 14.7. The molecule has 4 nitrogen and oxygen atoms in total. The van der Waals surface area contributed by atoms with Gasteiger partial charge in [-0.2, -0.15) is 0 Å². The van der Waals surface area contributed by atoms with Crippen molar-refractivity contribution in [1.29, 1.82) is 0 Å². The van der Waals surface area contributed by atoms with Crippen molar-refractivity contribution in [2.75, 3.05) is 4.90 Å². The summed E-state index contributed by atoms with van der Waals surface area (Å²) in [7, 11) is 0. The van der Waals surface area contributed by atoms with Crippen molar-refractivity contribution in [3.05, 3.63) is 107 Å². The topological polar surface area (TPSA) is 57.6 Å². The summed E-state index contributed by atoms with van der Waals surface area (Å²) in [6.45, 7) is 0. The number of carbonyl (C=O) groups is 2. The van der Waals surface area contributed by atoms with Crippen molar-refractivity contribution in [1.82, 2.24) is 0 Å². The summed E-state index contributed by atoms with van der Waals surface area (Å²) in [5.74, 6) is -2.28. The normalized spacial score (nSPS) is 18.5. The summed E-state index contributed by atoms with van der Waals surface area (Å²) in [5.41, 5.74) is 1.49. The summed E-state index contributed by atoms with van der Waals surface area (Å²) in [6.07, 6.45) is 0. The van der Waals surface area contributed by atoms with Crippen LogP contribution in [0.4, 0.5) is 10.1 Å². The van der Waals surface area contributed by atoms with Crippen LogP contribution in [0.3, 0.4) is 0 Å². The molecule has 1 N–H and O–H groups in total. The van der Waals surface area contributed by atoms with Crippen LogP contribution in [-0.2, 0) is 9.59 Å². The molecule has 138 valence electrons. The molecule has 0 radical (unpaired) electrons. The molecule has 28 heavy (non-hydrogen) atoms. The van der Waals surface area contributed by atoms with Crippen LogP contribution in [0.1, 0.15) is 17.2 Å². The maximum atomic E-state index is 13.3. The van der Waals surface area contributed by atoms with E-state index in [2.05, 4.69) is 0 Å². The highest BCUT2D eigenvalue weighted by Gasteiger charge is 2.46. The molecule has 1 aliphatic heterocycles. The number of aliphatic hydroxyl groups is 1. The van der Waals surface area contributed by atoms with Crippen molar-refractivity contribution in [3.63, 3.8) is 0 Å². The minimum Gasteiger partial charge on any atom is -0.507 e. The number of anilines is 1. The smallest absolute Gasteiger partial charge is 0.300 e. The molecule has 1 atom stereocenters. The fourth-order valence-corrected chi connectivity index (χ4v) is 3.40. The molecule has 0 bridgehead atoms. The largest absolute Gasteiger partial charge is 0.507 e. The fraction of sp³-hybridized carbons (Fsp3) is 0.0435. The van der Waals surface area contributed by atoms with Gasteiger partial charge in [-0.3, -0.25) is 14.5 Å². The van der Waals surface area contributed by atoms with Gasteiger partial charge in [0.15, 0.2) is 0 Å². The maximum absolute atomic E-state index is 13.3. The lowest BCUT2D eigenvalue weighted by molar-refractivity contribution is -0.132. The zero-order chi connectivity index (χ0) is 19.7. The number of Topliss-reactive ketones (excluding diaryl/α,β-unsaturated/α-hetero) is 1. The summed E-state index contributed by atoms with van der Waals surface area (Å²) in [4.78, 5) is 27.1. The SMILES string of the molecule is O=C1C(=O)N(c2ccccc2)C(c2ccccc2)/C1=C(/O)c1ccc(F)cc1. The molecule has 1 heterocycles. The van der Waals surface area contributed by atoms with Crippen LogP contribution in [0.2, 0.25) is 0 Å². The van der Waals surface area contributed by atoms with Gasteiger partial charge in [-0.05, 0) is 42.0 Å². The molecule has 1 fully saturated rings. The summed E-state index contributed by atoms with van der Waals surface area (Å²) >= 11 is 0. The van der Waals surface area contributed by atoms with Crippen LogP contribution >= 0.6 is 0 Å². The first-order chi connectivity index (χ1) is 13.6. The Bertz CT molecular complexity index is 1060. The number of amides is 1. The average Bonchev–Trinajstić information content (AvgIpc) is 3.00. The Morgan fingerprint density at radius 2 is 1.39 bits per heavy atom. The number of rotatable bonds is 3. The molecular formula is C23H16FNO3. The van der Waals surface area contributed by atoms with Gasteiger partial charge in [-0.15, -0.1) is 0 Å². The second-order valence-corrected chi connectivity index (χ2v) is 6.42. The number of aliphatic hydroxyl groups excluding tert-OH is 1. The average molecular weight is 373 g/mol. The van der Waals surface area contributed by atoms with Crippen LogP contribution in [0.25, 0.3) is 5.76 Å². The second-order valence-electron chi connectivity index (χ2n) is 6.42. The van der Waals surface area contributed by atoms with Gasteiger partial charge in [0.25, 0.3) is 11.7 Å². The standard InChI is InChI=1S/C23H16FNO3/c24-17-13-11-16(12-14-17)21(26)19-20(15-7-3-1-4-8-15)25(23(28)22(19)27)18-9-5-2-6-10-18/h1-14,20,26H/b21-19-. The predicted molar refractivity (Wildman–Crippen MR) is 104 cm³/mol. The Kier molecular flexibility index (Phi) is 4.49. The number of benzene rings is 3. The number of ketones is 1. The third-order valence-electron chi connectivity index (χ3n) is 4.71. The number of halogens is 1. The van der Waals surface area contributed by atoms with Crippen molar-refractivity contribution < 1.29 is 19.1 Å². The van der Waals surface area contributed by atoms with Crippen LogP contribution in [-0.4, -0.2) is 16.8 Å². The van der Waals surface area contributed by atoms with E-state index in [1.165, 1.54) is 29.2 Å². The van der Waals surface area contributed by atoms with Crippen molar-refractivity contribution in [2.24, 2.45) is 0 Å². The minimum atomic E-state index is -0.784. The van der Waals surface area contributed by atoms with Gasteiger partial charge in [0.2, 0.25) is 0 Å². The molecule has 4 rings (SSSR count). The van der Waals surface area contributed by atoms with E-state index < -0.39 is 23.5 Å². The van der Waals surface area contributed by atoms with Gasteiger partial charge >= 0.3 is 0 Å².